The molecule has 2 rings (SSSR count). The van der Waals surface area contributed by atoms with Gasteiger partial charge in [0.15, 0.2) is 5.17 Å². The summed E-state index contributed by atoms with van der Waals surface area (Å²) in [6, 6.07) is 8.70. The molecule has 1 aromatic carbocycles. The molecule has 0 radical (unpaired) electrons. The van der Waals surface area contributed by atoms with Crippen LogP contribution < -0.4 is 5.32 Å². The Morgan fingerprint density at radius 3 is 3.00 bits per heavy atom. The van der Waals surface area contributed by atoms with Gasteiger partial charge in [-0.25, -0.2) is 0 Å². The number of aliphatic imine (C=N–C) groups is 1. The first-order valence-corrected chi connectivity index (χ1v) is 8.11. The molecule has 0 aliphatic carbocycles. The first kappa shape index (κ1) is 14.4. The van der Waals surface area contributed by atoms with Crippen molar-refractivity contribution in [2.24, 2.45) is 4.99 Å². The zero-order valence-corrected chi connectivity index (χ0v) is 13.0. The van der Waals surface area contributed by atoms with Gasteiger partial charge in [0, 0.05) is 17.8 Å². The van der Waals surface area contributed by atoms with Gasteiger partial charge in [-0.15, -0.1) is 0 Å². The predicted molar refractivity (Wildman–Crippen MR) is 86.1 cm³/mol. The van der Waals surface area contributed by atoms with Crippen molar-refractivity contribution < 1.29 is 0 Å². The number of hydrogen-bond acceptors (Lipinski definition) is 2. The van der Waals surface area contributed by atoms with Gasteiger partial charge < -0.3 is 5.32 Å². The first-order valence-electron chi connectivity index (χ1n) is 7.12. The monoisotopic (exact) mass is 276 g/mol. The van der Waals surface area contributed by atoms with Crippen molar-refractivity contribution >= 4 is 16.9 Å². The largest absolute Gasteiger partial charge is 0.360 e. The Bertz CT molecular complexity index is 456. The van der Waals surface area contributed by atoms with Gasteiger partial charge in [-0.05, 0) is 38.7 Å². The third-order valence-corrected chi connectivity index (χ3v) is 4.73. The van der Waals surface area contributed by atoms with Crippen LogP contribution in [0.3, 0.4) is 0 Å². The number of nitrogens with one attached hydrogen (secondary N) is 1. The van der Waals surface area contributed by atoms with E-state index >= 15 is 0 Å². The molecule has 1 fully saturated rings. The summed E-state index contributed by atoms with van der Waals surface area (Å²) in [5.41, 5.74) is 2.95. The lowest BCUT2D eigenvalue weighted by molar-refractivity contribution is 0.390. The Kier molecular flexibility index (Phi) is 4.92. The second-order valence-electron chi connectivity index (χ2n) is 5.56. The molecule has 0 aromatic heterocycles. The minimum absolute atomic E-state index is 0.243. The fourth-order valence-corrected chi connectivity index (χ4v) is 3.48. The summed E-state index contributed by atoms with van der Waals surface area (Å²) in [4.78, 5) is 4.72. The van der Waals surface area contributed by atoms with Gasteiger partial charge in [0.1, 0.15) is 0 Å². The van der Waals surface area contributed by atoms with Crippen molar-refractivity contribution in [2.45, 2.75) is 45.6 Å². The van der Waals surface area contributed by atoms with Gasteiger partial charge in [0.2, 0.25) is 0 Å². The van der Waals surface area contributed by atoms with E-state index in [2.05, 4.69) is 50.4 Å². The number of nitrogens with zero attached hydrogens (tertiary/aromatic N) is 1. The quantitative estimate of drug-likeness (QED) is 0.905. The maximum Gasteiger partial charge on any atom is 0.156 e. The summed E-state index contributed by atoms with van der Waals surface area (Å²) in [5.74, 6) is 1.18. The van der Waals surface area contributed by atoms with Gasteiger partial charge in [-0.2, -0.15) is 0 Å². The summed E-state index contributed by atoms with van der Waals surface area (Å²) < 4.78 is 0. The lowest BCUT2D eigenvalue weighted by Gasteiger charge is -2.35. The average Bonchev–Trinajstić information content (AvgIpc) is 2.39. The molecular weight excluding hydrogens is 252 g/mol. The number of thioether (sulfide) groups is 1. The molecule has 0 saturated carbocycles. The van der Waals surface area contributed by atoms with E-state index in [1.54, 1.807) is 0 Å². The summed E-state index contributed by atoms with van der Waals surface area (Å²) in [5, 5.41) is 4.72. The number of rotatable bonds is 4. The molecule has 1 aromatic rings. The van der Waals surface area contributed by atoms with Crippen molar-refractivity contribution in [1.82, 2.24) is 5.32 Å². The van der Waals surface area contributed by atoms with Crippen LogP contribution in [-0.2, 0) is 6.42 Å². The zero-order valence-electron chi connectivity index (χ0n) is 12.2. The van der Waals surface area contributed by atoms with E-state index in [0.29, 0.717) is 0 Å². The molecule has 1 atom stereocenters. The summed E-state index contributed by atoms with van der Waals surface area (Å²) in [6.07, 6.45) is 3.41. The third-order valence-electron chi connectivity index (χ3n) is 3.82. The fraction of sp³-hybridized carbons (Fsp3) is 0.562. The molecule has 1 N–H and O–H groups in total. The molecule has 19 heavy (non-hydrogen) atoms. The highest BCUT2D eigenvalue weighted by atomic mass is 32.2. The van der Waals surface area contributed by atoms with E-state index in [1.807, 2.05) is 11.8 Å². The highest BCUT2D eigenvalue weighted by molar-refractivity contribution is 8.13. The minimum Gasteiger partial charge on any atom is -0.360 e. The van der Waals surface area contributed by atoms with Crippen LogP contribution in [0.5, 0.6) is 0 Å². The standard InChI is InChI=1S/C16H24N2S/c1-4-16(3)9-11-19-15(18-16)17-10-8-14-7-5-6-13(2)12-14/h5-7,12H,4,8-11H2,1-3H3,(H,17,18). The SMILES string of the molecule is CCC1(C)CCSC(=NCCc2cccc(C)c2)N1. The molecule has 1 aliphatic heterocycles. The van der Waals surface area contributed by atoms with E-state index in [0.717, 1.165) is 24.6 Å². The Labute approximate surface area is 121 Å². The second-order valence-corrected chi connectivity index (χ2v) is 6.65. The third kappa shape index (κ3) is 4.27. The summed E-state index contributed by atoms with van der Waals surface area (Å²) in [7, 11) is 0. The van der Waals surface area contributed by atoms with Gasteiger partial charge in [-0.1, -0.05) is 48.5 Å². The van der Waals surface area contributed by atoms with Gasteiger partial charge in [0.25, 0.3) is 0 Å². The average molecular weight is 276 g/mol. The van der Waals surface area contributed by atoms with Crippen molar-refractivity contribution in [2.75, 3.05) is 12.3 Å². The molecule has 1 unspecified atom stereocenters. The molecule has 1 aliphatic rings. The first-order chi connectivity index (χ1) is 9.11. The van der Waals surface area contributed by atoms with Gasteiger partial charge >= 0.3 is 0 Å². The molecule has 0 amide bonds. The van der Waals surface area contributed by atoms with E-state index in [9.17, 15) is 0 Å². The molecule has 104 valence electrons. The molecule has 1 saturated heterocycles. The van der Waals surface area contributed by atoms with Crippen molar-refractivity contribution in [3.05, 3.63) is 35.4 Å². The van der Waals surface area contributed by atoms with Crippen LogP contribution in [-0.4, -0.2) is 23.0 Å². The van der Waals surface area contributed by atoms with Crippen LogP contribution in [0, 0.1) is 6.92 Å². The van der Waals surface area contributed by atoms with Crippen LogP contribution in [0.15, 0.2) is 29.3 Å². The lowest BCUT2D eigenvalue weighted by atomic mass is 9.96. The smallest absolute Gasteiger partial charge is 0.156 e. The number of hydrogen-bond donors (Lipinski definition) is 1. The van der Waals surface area contributed by atoms with Crippen LogP contribution in [0.2, 0.25) is 0 Å². The van der Waals surface area contributed by atoms with Crippen LogP contribution in [0.25, 0.3) is 0 Å². The number of aryl methyl sites for hydroxylation is 1. The second kappa shape index (κ2) is 6.47. The Balaban J connectivity index is 1.88. The van der Waals surface area contributed by atoms with Crippen LogP contribution in [0.1, 0.15) is 37.8 Å². The zero-order chi connectivity index (χ0) is 13.7. The van der Waals surface area contributed by atoms with Crippen molar-refractivity contribution in [3.63, 3.8) is 0 Å². The number of benzene rings is 1. The van der Waals surface area contributed by atoms with Gasteiger partial charge in [-0.3, -0.25) is 4.99 Å². The summed E-state index contributed by atoms with van der Waals surface area (Å²) in [6.45, 7) is 7.55. The Morgan fingerprint density at radius 2 is 2.26 bits per heavy atom. The van der Waals surface area contributed by atoms with Gasteiger partial charge in [0.05, 0.1) is 0 Å². The van der Waals surface area contributed by atoms with E-state index in [1.165, 1.54) is 23.3 Å². The van der Waals surface area contributed by atoms with Crippen LogP contribution in [0.4, 0.5) is 0 Å². The lowest BCUT2D eigenvalue weighted by Crippen LogP contribution is -2.48. The molecule has 0 bridgehead atoms. The predicted octanol–water partition coefficient (Wildman–Crippen LogP) is 3.79. The highest BCUT2D eigenvalue weighted by Gasteiger charge is 2.27. The normalized spacial score (nSPS) is 25.3. The maximum atomic E-state index is 4.72. The molecular formula is C16H24N2S. The maximum absolute atomic E-state index is 4.72. The molecule has 0 spiro atoms. The molecule has 3 heteroatoms. The van der Waals surface area contributed by atoms with Crippen molar-refractivity contribution in [3.8, 4) is 0 Å². The van der Waals surface area contributed by atoms with Crippen LogP contribution >= 0.6 is 11.8 Å². The number of amidine groups is 1. The van der Waals surface area contributed by atoms with E-state index in [-0.39, 0.29) is 5.54 Å². The highest BCUT2D eigenvalue weighted by Crippen LogP contribution is 2.24. The van der Waals surface area contributed by atoms with E-state index in [4.69, 9.17) is 4.99 Å². The fourth-order valence-electron chi connectivity index (χ4n) is 2.23. The topological polar surface area (TPSA) is 24.4 Å². The molecule has 2 nitrogen and oxygen atoms in total. The Hall–Kier alpha value is -0.960. The van der Waals surface area contributed by atoms with Crippen molar-refractivity contribution in [1.29, 1.82) is 0 Å². The minimum atomic E-state index is 0.243. The molecule has 1 heterocycles. The van der Waals surface area contributed by atoms with E-state index < -0.39 is 0 Å². The Morgan fingerprint density at radius 1 is 1.42 bits per heavy atom. The summed E-state index contributed by atoms with van der Waals surface area (Å²) >= 11 is 1.86.